The fourth-order valence-electron chi connectivity index (χ4n) is 2.94. The number of rotatable bonds is 5. The van der Waals surface area contributed by atoms with Gasteiger partial charge in [0.1, 0.15) is 5.82 Å². The largest absolute Gasteiger partial charge is 0.317 e. The summed E-state index contributed by atoms with van der Waals surface area (Å²) in [6.45, 7) is 3.31. The van der Waals surface area contributed by atoms with E-state index in [0.717, 1.165) is 42.5 Å². The van der Waals surface area contributed by atoms with E-state index in [1.54, 1.807) is 6.07 Å². The van der Waals surface area contributed by atoms with Crippen LogP contribution in [0.4, 0.5) is 4.39 Å². The van der Waals surface area contributed by atoms with Crippen LogP contribution in [0.1, 0.15) is 12.0 Å². The summed E-state index contributed by atoms with van der Waals surface area (Å²) in [4.78, 5) is 4.79. The lowest BCUT2D eigenvalue weighted by atomic mass is 9.97. The van der Waals surface area contributed by atoms with Gasteiger partial charge in [-0.2, -0.15) is 0 Å². The van der Waals surface area contributed by atoms with Gasteiger partial charge < -0.3 is 15.1 Å². The second-order valence-corrected chi connectivity index (χ2v) is 6.97. The number of benzene rings is 1. The number of likely N-dealkylation sites (N-methyl/N-ethyl adjacent to an activating group) is 3. The topological polar surface area (TPSA) is 18.5 Å². The quantitative estimate of drug-likeness (QED) is 0.872. The number of nitrogens with one attached hydrogen (secondary N) is 1. The van der Waals surface area contributed by atoms with Crippen LogP contribution in [0, 0.1) is 5.82 Å². The van der Waals surface area contributed by atoms with Crippen LogP contribution in [-0.4, -0.2) is 62.7 Å². The average Bonchev–Trinajstić information content (AvgIpc) is 2.44. The van der Waals surface area contributed by atoms with Gasteiger partial charge in [0, 0.05) is 36.2 Å². The van der Waals surface area contributed by atoms with Crippen molar-refractivity contribution in [3.8, 4) is 0 Å². The molecule has 0 aromatic heterocycles. The normalized spacial score (nSPS) is 22.4. The van der Waals surface area contributed by atoms with E-state index in [1.165, 1.54) is 0 Å². The Morgan fingerprint density at radius 2 is 2.14 bits per heavy atom. The summed E-state index contributed by atoms with van der Waals surface area (Å²) in [6.07, 6.45) is 1.76. The lowest BCUT2D eigenvalue weighted by molar-refractivity contribution is 0.101. The van der Waals surface area contributed by atoms with Crippen molar-refractivity contribution in [1.29, 1.82) is 0 Å². The molecule has 1 aliphatic heterocycles. The Balaban J connectivity index is 1.99. The van der Waals surface area contributed by atoms with Crippen LogP contribution in [0.3, 0.4) is 0 Å². The monoisotopic (exact) mass is 357 g/mol. The van der Waals surface area contributed by atoms with Crippen LogP contribution in [0.5, 0.6) is 0 Å². The van der Waals surface area contributed by atoms with Crippen LogP contribution >= 0.6 is 15.9 Å². The zero-order valence-electron chi connectivity index (χ0n) is 13.1. The molecule has 1 heterocycles. The van der Waals surface area contributed by atoms with Gasteiger partial charge in [0.25, 0.3) is 0 Å². The molecule has 5 heteroatoms. The maximum absolute atomic E-state index is 14.0. The van der Waals surface area contributed by atoms with Gasteiger partial charge in [0.2, 0.25) is 0 Å². The summed E-state index contributed by atoms with van der Waals surface area (Å²) in [5.74, 6) is -0.126. The Kier molecular flexibility index (Phi) is 6.17. The van der Waals surface area contributed by atoms with Gasteiger partial charge in [-0.15, -0.1) is 0 Å². The first kappa shape index (κ1) is 16.9. The molecule has 0 aliphatic carbocycles. The number of piperazine rings is 1. The Morgan fingerprint density at radius 1 is 1.38 bits per heavy atom. The summed E-state index contributed by atoms with van der Waals surface area (Å²) in [6, 6.07) is 6.15. The molecular formula is C16H25BrFN3. The minimum atomic E-state index is -0.126. The van der Waals surface area contributed by atoms with Gasteiger partial charge >= 0.3 is 0 Å². The van der Waals surface area contributed by atoms with Crippen LogP contribution in [0.15, 0.2) is 22.7 Å². The zero-order chi connectivity index (χ0) is 15.4. The molecule has 1 saturated heterocycles. The van der Waals surface area contributed by atoms with E-state index in [2.05, 4.69) is 45.1 Å². The molecule has 0 saturated carbocycles. The molecule has 21 heavy (non-hydrogen) atoms. The highest BCUT2D eigenvalue weighted by Gasteiger charge is 2.25. The van der Waals surface area contributed by atoms with Crippen LogP contribution in [0.25, 0.3) is 0 Å². The highest BCUT2D eigenvalue weighted by molar-refractivity contribution is 9.10. The first-order chi connectivity index (χ1) is 9.99. The number of halogens is 2. The van der Waals surface area contributed by atoms with E-state index < -0.39 is 0 Å². The number of hydrogen-bond acceptors (Lipinski definition) is 3. The highest BCUT2D eigenvalue weighted by Crippen LogP contribution is 2.19. The average molecular weight is 358 g/mol. The summed E-state index contributed by atoms with van der Waals surface area (Å²) < 4.78 is 14.8. The van der Waals surface area contributed by atoms with Crippen LogP contribution in [0.2, 0.25) is 0 Å². The van der Waals surface area contributed by atoms with Gasteiger partial charge in [-0.3, -0.25) is 0 Å². The molecule has 2 rings (SSSR count). The van der Waals surface area contributed by atoms with Crippen molar-refractivity contribution < 1.29 is 4.39 Å². The third-order valence-corrected chi connectivity index (χ3v) is 4.92. The standard InChI is InChI=1S/C16H25BrFN3/c1-19-14(8-12-4-5-13(17)9-16(12)18)10-15-11-20(2)6-7-21(15)3/h4-5,9,14-15,19H,6-8,10-11H2,1-3H3. The van der Waals surface area contributed by atoms with Crippen molar-refractivity contribution in [3.05, 3.63) is 34.1 Å². The Bertz CT molecular complexity index is 469. The molecule has 0 amide bonds. The predicted molar refractivity (Wildman–Crippen MR) is 89.2 cm³/mol. The lowest BCUT2D eigenvalue weighted by Crippen LogP contribution is -2.52. The van der Waals surface area contributed by atoms with Crippen molar-refractivity contribution in [3.63, 3.8) is 0 Å². The third kappa shape index (κ3) is 4.74. The number of hydrogen-bond donors (Lipinski definition) is 1. The molecule has 1 fully saturated rings. The SMILES string of the molecule is CNC(Cc1ccc(Br)cc1F)CC1CN(C)CCN1C. The third-order valence-electron chi connectivity index (χ3n) is 4.43. The minimum absolute atomic E-state index is 0.126. The van der Waals surface area contributed by atoms with Crippen molar-refractivity contribution in [1.82, 2.24) is 15.1 Å². The van der Waals surface area contributed by atoms with Crippen molar-refractivity contribution in [2.24, 2.45) is 0 Å². The molecule has 1 aromatic carbocycles. The second-order valence-electron chi connectivity index (χ2n) is 6.06. The van der Waals surface area contributed by atoms with E-state index in [0.29, 0.717) is 12.1 Å². The molecule has 2 atom stereocenters. The van der Waals surface area contributed by atoms with E-state index in [4.69, 9.17) is 0 Å². The molecule has 1 aromatic rings. The maximum Gasteiger partial charge on any atom is 0.127 e. The molecule has 118 valence electrons. The predicted octanol–water partition coefficient (Wildman–Crippen LogP) is 2.35. The van der Waals surface area contributed by atoms with Gasteiger partial charge in [0.05, 0.1) is 0 Å². The zero-order valence-corrected chi connectivity index (χ0v) is 14.7. The first-order valence-electron chi connectivity index (χ1n) is 7.49. The molecular weight excluding hydrogens is 333 g/mol. The minimum Gasteiger partial charge on any atom is -0.317 e. The van der Waals surface area contributed by atoms with Gasteiger partial charge in [-0.25, -0.2) is 4.39 Å². The Hall–Kier alpha value is -0.490. The van der Waals surface area contributed by atoms with Crippen LogP contribution < -0.4 is 5.32 Å². The fraction of sp³-hybridized carbons (Fsp3) is 0.625. The Labute approximate surface area is 135 Å². The first-order valence-corrected chi connectivity index (χ1v) is 8.29. The van der Waals surface area contributed by atoms with Gasteiger partial charge in [-0.1, -0.05) is 22.0 Å². The molecule has 0 bridgehead atoms. The van der Waals surface area contributed by atoms with E-state index >= 15 is 0 Å². The van der Waals surface area contributed by atoms with Crippen molar-refractivity contribution in [2.75, 3.05) is 40.8 Å². The summed E-state index contributed by atoms with van der Waals surface area (Å²) in [7, 11) is 6.32. The van der Waals surface area contributed by atoms with E-state index in [9.17, 15) is 4.39 Å². The smallest absolute Gasteiger partial charge is 0.127 e. The molecule has 0 radical (unpaired) electrons. The highest BCUT2D eigenvalue weighted by atomic mass is 79.9. The summed E-state index contributed by atoms with van der Waals surface area (Å²) in [5, 5.41) is 3.35. The molecule has 0 spiro atoms. The summed E-state index contributed by atoms with van der Waals surface area (Å²) in [5.41, 5.74) is 0.782. The van der Waals surface area contributed by atoms with Crippen molar-refractivity contribution >= 4 is 15.9 Å². The molecule has 3 nitrogen and oxygen atoms in total. The van der Waals surface area contributed by atoms with Gasteiger partial charge in [0.15, 0.2) is 0 Å². The van der Waals surface area contributed by atoms with E-state index in [1.807, 2.05) is 19.2 Å². The number of nitrogens with zero attached hydrogens (tertiary/aromatic N) is 2. The molecule has 1 aliphatic rings. The van der Waals surface area contributed by atoms with Crippen molar-refractivity contribution in [2.45, 2.75) is 24.9 Å². The molecule has 1 N–H and O–H groups in total. The maximum atomic E-state index is 14.0. The van der Waals surface area contributed by atoms with E-state index in [-0.39, 0.29) is 5.82 Å². The second kappa shape index (κ2) is 7.68. The fourth-order valence-corrected chi connectivity index (χ4v) is 3.27. The van der Waals surface area contributed by atoms with Crippen LogP contribution in [-0.2, 0) is 6.42 Å². The van der Waals surface area contributed by atoms with Gasteiger partial charge in [-0.05, 0) is 51.7 Å². The summed E-state index contributed by atoms with van der Waals surface area (Å²) >= 11 is 3.31. The lowest BCUT2D eigenvalue weighted by Gasteiger charge is -2.39. The Morgan fingerprint density at radius 3 is 2.81 bits per heavy atom. The molecule has 2 unspecified atom stereocenters.